The molecule has 0 bridgehead atoms. The minimum Gasteiger partial charge on any atom is -0.508 e. The summed E-state index contributed by atoms with van der Waals surface area (Å²) >= 11 is 0. The van der Waals surface area contributed by atoms with Gasteiger partial charge in [0.1, 0.15) is 17.3 Å². The fraction of sp³-hybridized carbons (Fsp3) is 0.0588. The second-order valence-corrected chi connectivity index (χ2v) is 5.15. The average molecular weight is 327 g/mol. The zero-order chi connectivity index (χ0) is 17.1. The van der Waals surface area contributed by atoms with E-state index >= 15 is 0 Å². The Kier molecular flexibility index (Phi) is 4.15. The van der Waals surface area contributed by atoms with Crippen molar-refractivity contribution in [3.05, 3.63) is 71.8 Å². The van der Waals surface area contributed by atoms with Crippen molar-refractivity contribution in [1.82, 2.24) is 15.1 Å². The average Bonchev–Trinajstić information content (AvgIpc) is 3.01. The molecule has 24 heavy (non-hydrogen) atoms. The van der Waals surface area contributed by atoms with Crippen molar-refractivity contribution in [3.63, 3.8) is 0 Å². The fourth-order valence-corrected chi connectivity index (χ4v) is 2.19. The number of hydrogen-bond donors (Lipinski definition) is 3. The van der Waals surface area contributed by atoms with Gasteiger partial charge in [0.05, 0.1) is 17.9 Å². The lowest BCUT2D eigenvalue weighted by Crippen LogP contribution is -2.23. The van der Waals surface area contributed by atoms with E-state index in [-0.39, 0.29) is 29.4 Å². The van der Waals surface area contributed by atoms with Crippen molar-refractivity contribution in [2.75, 3.05) is 0 Å². The Balaban J connectivity index is 1.67. The number of rotatable bonds is 4. The molecule has 7 heteroatoms. The molecule has 3 rings (SSSR count). The number of nitrogens with zero attached hydrogens (tertiary/aromatic N) is 2. The van der Waals surface area contributed by atoms with Crippen LogP contribution in [0.3, 0.4) is 0 Å². The second-order valence-electron chi connectivity index (χ2n) is 5.15. The molecule has 2 aromatic carbocycles. The fourth-order valence-electron chi connectivity index (χ4n) is 2.19. The lowest BCUT2D eigenvalue weighted by atomic mass is 10.2. The van der Waals surface area contributed by atoms with Crippen molar-refractivity contribution in [3.8, 4) is 17.2 Å². The SMILES string of the molecule is O=C(NCc1ccn(-c2ccc(F)cc2)n1)c1cc(O)cc(O)c1. The van der Waals surface area contributed by atoms with Crippen LogP contribution < -0.4 is 5.32 Å². The van der Waals surface area contributed by atoms with Gasteiger partial charge in [-0.15, -0.1) is 0 Å². The normalized spacial score (nSPS) is 10.5. The molecule has 0 aliphatic rings. The Hall–Kier alpha value is -3.35. The monoisotopic (exact) mass is 327 g/mol. The molecule has 0 radical (unpaired) electrons. The molecule has 0 unspecified atom stereocenters. The Morgan fingerprint density at radius 2 is 1.75 bits per heavy atom. The van der Waals surface area contributed by atoms with Gasteiger partial charge in [-0.1, -0.05) is 0 Å². The molecule has 1 aromatic heterocycles. The van der Waals surface area contributed by atoms with Crippen molar-refractivity contribution in [2.24, 2.45) is 0 Å². The third-order valence-electron chi connectivity index (χ3n) is 3.33. The van der Waals surface area contributed by atoms with E-state index < -0.39 is 5.91 Å². The van der Waals surface area contributed by atoms with Crippen LogP contribution in [0.1, 0.15) is 16.1 Å². The predicted octanol–water partition coefficient (Wildman–Crippen LogP) is 2.35. The summed E-state index contributed by atoms with van der Waals surface area (Å²) in [7, 11) is 0. The standard InChI is InChI=1S/C17H14FN3O3/c18-12-1-3-14(4-2-12)21-6-5-13(20-21)10-19-17(24)11-7-15(22)9-16(23)8-11/h1-9,22-23H,10H2,(H,19,24). The minimum atomic E-state index is -0.447. The molecule has 0 atom stereocenters. The Morgan fingerprint density at radius 3 is 2.42 bits per heavy atom. The summed E-state index contributed by atoms with van der Waals surface area (Å²) in [5.41, 5.74) is 1.45. The molecule has 1 amide bonds. The molecule has 6 nitrogen and oxygen atoms in total. The molecular weight excluding hydrogens is 313 g/mol. The lowest BCUT2D eigenvalue weighted by Gasteiger charge is -2.05. The summed E-state index contributed by atoms with van der Waals surface area (Å²) < 4.78 is 14.5. The molecule has 0 aliphatic carbocycles. The smallest absolute Gasteiger partial charge is 0.251 e. The molecule has 0 spiro atoms. The second kappa shape index (κ2) is 6.41. The Morgan fingerprint density at radius 1 is 1.08 bits per heavy atom. The maximum atomic E-state index is 12.9. The van der Waals surface area contributed by atoms with E-state index in [0.29, 0.717) is 11.4 Å². The zero-order valence-electron chi connectivity index (χ0n) is 12.5. The van der Waals surface area contributed by atoms with Gasteiger partial charge in [-0.3, -0.25) is 4.79 Å². The summed E-state index contributed by atoms with van der Waals surface area (Å²) in [6.45, 7) is 0.170. The molecule has 0 saturated heterocycles. The lowest BCUT2D eigenvalue weighted by molar-refractivity contribution is 0.0949. The van der Waals surface area contributed by atoms with Crippen LogP contribution >= 0.6 is 0 Å². The molecule has 3 aromatic rings. The third-order valence-corrected chi connectivity index (χ3v) is 3.33. The van der Waals surface area contributed by atoms with Crippen LogP contribution in [0, 0.1) is 5.82 Å². The van der Waals surface area contributed by atoms with E-state index in [4.69, 9.17) is 0 Å². The number of phenolic OH excluding ortho intramolecular Hbond substituents is 2. The number of aromatic hydroxyl groups is 2. The van der Waals surface area contributed by atoms with E-state index in [1.54, 1.807) is 29.1 Å². The number of carbonyl (C=O) groups excluding carboxylic acids is 1. The molecule has 0 aliphatic heterocycles. The van der Waals surface area contributed by atoms with Crippen molar-refractivity contribution in [1.29, 1.82) is 0 Å². The van der Waals surface area contributed by atoms with Gasteiger partial charge in [-0.25, -0.2) is 9.07 Å². The van der Waals surface area contributed by atoms with Gasteiger partial charge >= 0.3 is 0 Å². The first-order valence-corrected chi connectivity index (χ1v) is 7.13. The number of hydrogen-bond acceptors (Lipinski definition) is 4. The first-order valence-electron chi connectivity index (χ1n) is 7.13. The highest BCUT2D eigenvalue weighted by molar-refractivity contribution is 5.94. The maximum absolute atomic E-state index is 12.9. The van der Waals surface area contributed by atoms with Gasteiger partial charge < -0.3 is 15.5 Å². The van der Waals surface area contributed by atoms with Crippen LogP contribution in [0.5, 0.6) is 11.5 Å². The van der Waals surface area contributed by atoms with Gasteiger partial charge in [-0.2, -0.15) is 5.10 Å². The quantitative estimate of drug-likeness (QED) is 0.686. The van der Waals surface area contributed by atoms with E-state index in [1.165, 1.54) is 24.3 Å². The van der Waals surface area contributed by atoms with Crippen LogP contribution in [0.25, 0.3) is 5.69 Å². The molecule has 122 valence electrons. The summed E-state index contributed by atoms with van der Waals surface area (Å²) in [5, 5.41) is 25.7. The van der Waals surface area contributed by atoms with E-state index in [2.05, 4.69) is 10.4 Å². The number of halogens is 1. The summed E-state index contributed by atoms with van der Waals surface area (Å²) in [6.07, 6.45) is 1.70. The molecule has 1 heterocycles. The Bertz CT molecular complexity index is 855. The van der Waals surface area contributed by atoms with E-state index in [0.717, 1.165) is 6.07 Å². The third kappa shape index (κ3) is 3.52. The maximum Gasteiger partial charge on any atom is 0.251 e. The highest BCUT2D eigenvalue weighted by atomic mass is 19.1. The summed E-state index contributed by atoms with van der Waals surface area (Å²) in [6, 6.07) is 11.3. The van der Waals surface area contributed by atoms with Crippen molar-refractivity contribution >= 4 is 5.91 Å². The molecular formula is C17H14FN3O3. The van der Waals surface area contributed by atoms with Gasteiger partial charge in [0, 0.05) is 17.8 Å². The minimum absolute atomic E-state index is 0.144. The van der Waals surface area contributed by atoms with E-state index in [9.17, 15) is 19.4 Å². The zero-order valence-corrected chi connectivity index (χ0v) is 12.5. The topological polar surface area (TPSA) is 87.4 Å². The van der Waals surface area contributed by atoms with Gasteiger partial charge in [0.2, 0.25) is 0 Å². The molecule has 0 saturated carbocycles. The van der Waals surface area contributed by atoms with Crippen LogP contribution in [0.4, 0.5) is 4.39 Å². The van der Waals surface area contributed by atoms with Gasteiger partial charge in [-0.05, 0) is 42.5 Å². The van der Waals surface area contributed by atoms with Crippen molar-refractivity contribution < 1.29 is 19.4 Å². The molecule has 3 N–H and O–H groups in total. The van der Waals surface area contributed by atoms with Crippen LogP contribution in [0.15, 0.2) is 54.7 Å². The highest BCUT2D eigenvalue weighted by Gasteiger charge is 2.09. The van der Waals surface area contributed by atoms with E-state index in [1.807, 2.05) is 0 Å². The van der Waals surface area contributed by atoms with Gasteiger partial charge in [0.15, 0.2) is 0 Å². The summed E-state index contributed by atoms with van der Waals surface area (Å²) in [4.78, 5) is 12.0. The number of phenols is 2. The predicted molar refractivity (Wildman–Crippen MR) is 84.5 cm³/mol. The summed E-state index contributed by atoms with van der Waals surface area (Å²) in [5.74, 6) is -1.16. The molecule has 0 fully saturated rings. The number of carbonyl (C=O) groups is 1. The Labute approximate surface area is 136 Å². The first-order chi connectivity index (χ1) is 11.5. The van der Waals surface area contributed by atoms with Crippen LogP contribution in [-0.2, 0) is 6.54 Å². The van der Waals surface area contributed by atoms with Crippen molar-refractivity contribution in [2.45, 2.75) is 6.54 Å². The highest BCUT2D eigenvalue weighted by Crippen LogP contribution is 2.20. The number of nitrogens with one attached hydrogen (secondary N) is 1. The largest absolute Gasteiger partial charge is 0.508 e. The number of benzene rings is 2. The van der Waals surface area contributed by atoms with Crippen LogP contribution in [0.2, 0.25) is 0 Å². The number of aromatic nitrogens is 2. The van der Waals surface area contributed by atoms with Gasteiger partial charge in [0.25, 0.3) is 5.91 Å². The first kappa shape index (κ1) is 15.5. The van der Waals surface area contributed by atoms with Crippen LogP contribution in [-0.4, -0.2) is 25.9 Å². The number of amides is 1.